The van der Waals surface area contributed by atoms with Crippen molar-refractivity contribution in [3.8, 4) is 6.07 Å². The molecular weight excluding hydrogens is 424 g/mol. The number of para-hydroxylation sites is 1. The first kappa shape index (κ1) is 23.8. The van der Waals surface area contributed by atoms with Crippen molar-refractivity contribution in [3.63, 3.8) is 0 Å². The highest BCUT2D eigenvalue weighted by molar-refractivity contribution is 6.30. The Morgan fingerprint density at radius 2 is 1.75 bits per heavy atom. The van der Waals surface area contributed by atoms with Gasteiger partial charge in [0.25, 0.3) is 0 Å². The minimum atomic E-state index is -0.139. The van der Waals surface area contributed by atoms with Crippen molar-refractivity contribution in [2.45, 2.75) is 44.7 Å². The van der Waals surface area contributed by atoms with Crippen LogP contribution in [0.2, 0.25) is 5.02 Å². The molecule has 0 spiro atoms. The first-order chi connectivity index (χ1) is 15.5. The number of hydrogen-bond donors (Lipinski definition) is 1. The number of rotatable bonds is 9. The van der Waals surface area contributed by atoms with Gasteiger partial charge in [-0.1, -0.05) is 41.9 Å². The Hall–Kier alpha value is -2.88. The van der Waals surface area contributed by atoms with E-state index in [4.69, 9.17) is 16.9 Å². The smallest absolute Gasteiger partial charge is 0.227 e. The third-order valence-electron chi connectivity index (χ3n) is 5.65. The lowest BCUT2D eigenvalue weighted by molar-refractivity contribution is -0.125. The van der Waals surface area contributed by atoms with Crippen molar-refractivity contribution in [1.29, 1.82) is 5.26 Å². The highest BCUT2D eigenvalue weighted by atomic mass is 35.5. The summed E-state index contributed by atoms with van der Waals surface area (Å²) in [5.41, 5.74) is 1.98. The predicted molar refractivity (Wildman–Crippen MR) is 126 cm³/mol. The second kappa shape index (κ2) is 12.2. The number of piperidine rings is 1. The van der Waals surface area contributed by atoms with Crippen LogP contribution in [-0.4, -0.2) is 42.4 Å². The van der Waals surface area contributed by atoms with E-state index in [1.165, 1.54) is 5.56 Å². The number of nitrogens with one attached hydrogen (secondary N) is 1. The number of anilines is 1. The Balaban J connectivity index is 1.41. The number of likely N-dealkylation sites (tertiary alicyclic amines) is 1. The van der Waals surface area contributed by atoms with E-state index in [1.807, 2.05) is 54.6 Å². The van der Waals surface area contributed by atoms with Gasteiger partial charge in [-0.15, -0.1) is 0 Å². The minimum Gasteiger partial charge on any atom is -0.353 e. The van der Waals surface area contributed by atoms with Gasteiger partial charge in [-0.25, -0.2) is 0 Å². The van der Waals surface area contributed by atoms with Gasteiger partial charge in [-0.2, -0.15) is 5.26 Å². The molecule has 3 rings (SSSR count). The monoisotopic (exact) mass is 452 g/mol. The maximum absolute atomic E-state index is 12.7. The van der Waals surface area contributed by atoms with E-state index < -0.39 is 0 Å². The van der Waals surface area contributed by atoms with Gasteiger partial charge >= 0.3 is 0 Å². The van der Waals surface area contributed by atoms with Gasteiger partial charge in [0, 0.05) is 55.8 Å². The Kier molecular flexibility index (Phi) is 9.09. The zero-order valence-corrected chi connectivity index (χ0v) is 18.9. The maximum atomic E-state index is 12.7. The summed E-state index contributed by atoms with van der Waals surface area (Å²) >= 11 is 5.95. The van der Waals surface area contributed by atoms with E-state index in [1.54, 1.807) is 4.90 Å². The number of carbonyl (C=O) groups excluding carboxylic acids is 2. The molecule has 0 aromatic heterocycles. The van der Waals surface area contributed by atoms with Gasteiger partial charge in [-0.3, -0.25) is 14.5 Å². The molecule has 0 radical (unpaired) electrons. The second-order valence-electron chi connectivity index (χ2n) is 8.03. The van der Waals surface area contributed by atoms with E-state index in [-0.39, 0.29) is 37.1 Å². The topological polar surface area (TPSA) is 76.4 Å². The summed E-state index contributed by atoms with van der Waals surface area (Å²) in [5, 5.41) is 12.7. The van der Waals surface area contributed by atoms with E-state index in [0.29, 0.717) is 6.54 Å². The number of hydrogen-bond acceptors (Lipinski definition) is 4. The highest BCUT2D eigenvalue weighted by Crippen LogP contribution is 2.17. The first-order valence-corrected chi connectivity index (χ1v) is 11.4. The van der Waals surface area contributed by atoms with Crippen LogP contribution >= 0.6 is 11.6 Å². The summed E-state index contributed by atoms with van der Waals surface area (Å²) in [4.78, 5) is 29.1. The van der Waals surface area contributed by atoms with Crippen LogP contribution in [0.15, 0.2) is 54.6 Å². The number of nitriles is 1. The molecule has 2 aromatic rings. The van der Waals surface area contributed by atoms with Crippen LogP contribution in [0.1, 0.15) is 37.7 Å². The number of carbonyl (C=O) groups is 2. The molecule has 168 valence electrons. The van der Waals surface area contributed by atoms with Crippen molar-refractivity contribution >= 4 is 29.1 Å². The van der Waals surface area contributed by atoms with Gasteiger partial charge in [0.15, 0.2) is 0 Å². The van der Waals surface area contributed by atoms with Crippen molar-refractivity contribution in [3.05, 3.63) is 65.2 Å². The second-order valence-corrected chi connectivity index (χ2v) is 8.47. The minimum absolute atomic E-state index is 0.0946. The maximum Gasteiger partial charge on any atom is 0.227 e. The fourth-order valence-electron chi connectivity index (χ4n) is 3.91. The van der Waals surface area contributed by atoms with Gasteiger partial charge < -0.3 is 10.2 Å². The van der Waals surface area contributed by atoms with Gasteiger partial charge in [0.1, 0.15) is 0 Å². The Bertz CT molecular complexity index is 919. The fraction of sp³-hybridized carbons (Fsp3) is 0.400. The number of benzene rings is 2. The standard InChI is InChI=1S/C25H29ClN4O2/c26-21-9-7-20(8-10-21)19-29-17-13-22(14-18-29)28-24(31)11-12-25(32)30(16-4-15-27)23-5-2-1-3-6-23/h1-3,5-10,22H,4,11-14,16-19H2,(H,28,31). The third kappa shape index (κ3) is 7.37. The van der Waals surface area contributed by atoms with E-state index in [2.05, 4.69) is 16.3 Å². The predicted octanol–water partition coefficient (Wildman–Crippen LogP) is 4.15. The average Bonchev–Trinajstić information content (AvgIpc) is 2.81. The normalized spacial score (nSPS) is 14.5. The summed E-state index contributed by atoms with van der Waals surface area (Å²) in [7, 11) is 0. The molecule has 0 saturated carbocycles. The van der Waals surface area contributed by atoms with E-state index in [0.717, 1.165) is 43.2 Å². The van der Waals surface area contributed by atoms with Crippen molar-refractivity contribution < 1.29 is 9.59 Å². The van der Waals surface area contributed by atoms with E-state index in [9.17, 15) is 9.59 Å². The molecular formula is C25H29ClN4O2. The molecule has 1 aliphatic heterocycles. The van der Waals surface area contributed by atoms with Crippen molar-refractivity contribution in [2.75, 3.05) is 24.5 Å². The molecule has 6 nitrogen and oxygen atoms in total. The molecule has 32 heavy (non-hydrogen) atoms. The van der Waals surface area contributed by atoms with Crippen LogP contribution in [0.25, 0.3) is 0 Å². The number of halogens is 1. The van der Waals surface area contributed by atoms with Crippen LogP contribution in [0.5, 0.6) is 0 Å². The van der Waals surface area contributed by atoms with Crippen LogP contribution in [0, 0.1) is 11.3 Å². The zero-order chi connectivity index (χ0) is 22.8. The van der Waals surface area contributed by atoms with Crippen LogP contribution in [-0.2, 0) is 16.1 Å². The molecule has 2 aromatic carbocycles. The molecule has 0 aliphatic carbocycles. The van der Waals surface area contributed by atoms with Crippen LogP contribution in [0.3, 0.4) is 0 Å². The quantitative estimate of drug-likeness (QED) is 0.620. The van der Waals surface area contributed by atoms with Gasteiger partial charge in [-0.05, 0) is 42.7 Å². The van der Waals surface area contributed by atoms with Gasteiger partial charge in [0.05, 0.1) is 12.5 Å². The van der Waals surface area contributed by atoms with Gasteiger partial charge in [0.2, 0.25) is 11.8 Å². The Morgan fingerprint density at radius 1 is 1.06 bits per heavy atom. The largest absolute Gasteiger partial charge is 0.353 e. The summed E-state index contributed by atoms with van der Waals surface area (Å²) in [6.07, 6.45) is 2.32. The zero-order valence-electron chi connectivity index (χ0n) is 18.2. The molecule has 2 amide bonds. The summed E-state index contributed by atoms with van der Waals surface area (Å²) in [5.74, 6) is -0.234. The third-order valence-corrected chi connectivity index (χ3v) is 5.91. The molecule has 1 saturated heterocycles. The molecule has 1 aliphatic rings. The molecule has 1 N–H and O–H groups in total. The summed E-state index contributed by atoms with van der Waals surface area (Å²) < 4.78 is 0. The van der Waals surface area contributed by atoms with Crippen molar-refractivity contribution in [2.24, 2.45) is 0 Å². The average molecular weight is 453 g/mol. The first-order valence-electron chi connectivity index (χ1n) is 11.0. The molecule has 1 heterocycles. The lowest BCUT2D eigenvalue weighted by Gasteiger charge is -2.32. The molecule has 7 heteroatoms. The van der Waals surface area contributed by atoms with Crippen LogP contribution in [0.4, 0.5) is 5.69 Å². The molecule has 0 bridgehead atoms. The molecule has 1 fully saturated rings. The summed E-state index contributed by atoms with van der Waals surface area (Å²) in [6.45, 7) is 3.04. The number of nitrogens with zero attached hydrogens (tertiary/aromatic N) is 3. The van der Waals surface area contributed by atoms with E-state index >= 15 is 0 Å². The lowest BCUT2D eigenvalue weighted by Crippen LogP contribution is -2.44. The lowest BCUT2D eigenvalue weighted by atomic mass is 10.0. The number of amides is 2. The molecule has 0 unspecified atom stereocenters. The Labute approximate surface area is 194 Å². The Morgan fingerprint density at radius 3 is 2.41 bits per heavy atom. The SMILES string of the molecule is N#CCCN(C(=O)CCC(=O)NC1CCN(Cc2ccc(Cl)cc2)CC1)c1ccccc1. The summed E-state index contributed by atoms with van der Waals surface area (Å²) in [6, 6.07) is 19.4. The fourth-order valence-corrected chi connectivity index (χ4v) is 4.03. The molecule has 0 atom stereocenters. The van der Waals surface area contributed by atoms with Crippen molar-refractivity contribution in [1.82, 2.24) is 10.2 Å². The highest BCUT2D eigenvalue weighted by Gasteiger charge is 2.22. The van der Waals surface area contributed by atoms with Crippen LogP contribution < -0.4 is 10.2 Å².